The summed E-state index contributed by atoms with van der Waals surface area (Å²) in [5, 5.41) is 0. The fourth-order valence-electron chi connectivity index (χ4n) is 1.62. The van der Waals surface area contributed by atoms with Crippen molar-refractivity contribution in [2.24, 2.45) is 0 Å². The maximum atomic E-state index is 5.84. The number of hydrogen-bond acceptors (Lipinski definition) is 5. The maximum Gasteiger partial charge on any atom is 0.155 e. The minimum Gasteiger partial charge on any atom is -0.394 e. The topological polar surface area (TPSA) is 55.0 Å². The van der Waals surface area contributed by atoms with E-state index in [0.29, 0.717) is 11.7 Å². The largest absolute Gasteiger partial charge is 0.394 e. The fraction of sp³-hybridized carbons (Fsp3) is 0.556. The molecule has 4 nitrogen and oxygen atoms in total. The first kappa shape index (κ1) is 9.58. The smallest absolute Gasteiger partial charge is 0.155 e. The molecular weight excluding hydrogens is 196 g/mol. The zero-order chi connectivity index (χ0) is 9.97. The minimum atomic E-state index is 0.506. The maximum absolute atomic E-state index is 5.84. The highest BCUT2D eigenvalue weighted by Gasteiger charge is 2.21. The highest BCUT2D eigenvalue weighted by Crippen LogP contribution is 2.25. The summed E-state index contributed by atoms with van der Waals surface area (Å²) < 4.78 is 0. The van der Waals surface area contributed by atoms with Gasteiger partial charge in [0.2, 0.25) is 0 Å². The molecule has 1 atom stereocenters. The first-order chi connectivity index (χ1) is 6.79. The SMILES string of the molecule is CC1CSCCN1c1ncncc1N. The van der Waals surface area contributed by atoms with Crippen LogP contribution in [0.25, 0.3) is 0 Å². The van der Waals surface area contributed by atoms with Crippen LogP contribution in [0.2, 0.25) is 0 Å². The molecule has 76 valence electrons. The summed E-state index contributed by atoms with van der Waals surface area (Å²) in [6, 6.07) is 0.506. The van der Waals surface area contributed by atoms with E-state index in [2.05, 4.69) is 21.8 Å². The number of hydrogen-bond donors (Lipinski definition) is 1. The van der Waals surface area contributed by atoms with Gasteiger partial charge in [0.25, 0.3) is 0 Å². The Hall–Kier alpha value is -0.970. The van der Waals surface area contributed by atoms with Crippen molar-refractivity contribution in [2.45, 2.75) is 13.0 Å². The number of anilines is 2. The first-order valence-corrected chi connectivity index (χ1v) is 5.84. The van der Waals surface area contributed by atoms with Gasteiger partial charge in [-0.3, -0.25) is 0 Å². The van der Waals surface area contributed by atoms with Crippen molar-refractivity contribution in [1.29, 1.82) is 0 Å². The molecule has 0 bridgehead atoms. The van der Waals surface area contributed by atoms with Gasteiger partial charge >= 0.3 is 0 Å². The molecule has 14 heavy (non-hydrogen) atoms. The molecule has 1 fully saturated rings. The summed E-state index contributed by atoms with van der Waals surface area (Å²) in [7, 11) is 0. The Morgan fingerprint density at radius 1 is 1.64 bits per heavy atom. The monoisotopic (exact) mass is 210 g/mol. The molecule has 1 unspecified atom stereocenters. The Bertz CT molecular complexity index is 317. The van der Waals surface area contributed by atoms with Crippen LogP contribution in [-0.2, 0) is 0 Å². The van der Waals surface area contributed by atoms with Crippen LogP contribution in [0.5, 0.6) is 0 Å². The summed E-state index contributed by atoms with van der Waals surface area (Å²) in [6.07, 6.45) is 3.22. The second-order valence-electron chi connectivity index (χ2n) is 3.42. The van der Waals surface area contributed by atoms with Crippen LogP contribution in [-0.4, -0.2) is 34.1 Å². The predicted molar refractivity (Wildman–Crippen MR) is 60.6 cm³/mol. The Balaban J connectivity index is 2.25. The molecule has 0 aliphatic carbocycles. The van der Waals surface area contributed by atoms with Crippen molar-refractivity contribution in [3.63, 3.8) is 0 Å². The summed E-state index contributed by atoms with van der Waals surface area (Å²) in [5.74, 6) is 3.17. The summed E-state index contributed by atoms with van der Waals surface area (Å²) in [5.41, 5.74) is 6.51. The summed E-state index contributed by atoms with van der Waals surface area (Å²) >= 11 is 1.98. The molecule has 2 heterocycles. The molecule has 1 aromatic heterocycles. The molecule has 1 aromatic rings. The lowest BCUT2D eigenvalue weighted by atomic mass is 10.3. The van der Waals surface area contributed by atoms with Gasteiger partial charge in [-0.15, -0.1) is 0 Å². The lowest BCUT2D eigenvalue weighted by Crippen LogP contribution is -2.41. The number of nitrogen functional groups attached to an aromatic ring is 1. The van der Waals surface area contributed by atoms with Gasteiger partial charge in [0, 0.05) is 24.1 Å². The number of nitrogens with two attached hydrogens (primary N) is 1. The van der Waals surface area contributed by atoms with Crippen LogP contribution in [0.1, 0.15) is 6.92 Å². The van der Waals surface area contributed by atoms with E-state index in [0.717, 1.165) is 23.9 Å². The van der Waals surface area contributed by atoms with E-state index in [9.17, 15) is 0 Å². The summed E-state index contributed by atoms with van der Waals surface area (Å²) in [4.78, 5) is 10.4. The van der Waals surface area contributed by atoms with E-state index >= 15 is 0 Å². The highest BCUT2D eigenvalue weighted by atomic mass is 32.2. The lowest BCUT2D eigenvalue weighted by Gasteiger charge is -2.34. The molecule has 2 N–H and O–H groups in total. The van der Waals surface area contributed by atoms with Crippen molar-refractivity contribution in [1.82, 2.24) is 9.97 Å². The third kappa shape index (κ3) is 1.77. The van der Waals surface area contributed by atoms with Crippen LogP contribution in [0, 0.1) is 0 Å². The molecule has 5 heteroatoms. The Morgan fingerprint density at radius 3 is 3.21 bits per heavy atom. The van der Waals surface area contributed by atoms with Crippen molar-refractivity contribution in [3.8, 4) is 0 Å². The van der Waals surface area contributed by atoms with Gasteiger partial charge in [-0.25, -0.2) is 9.97 Å². The van der Waals surface area contributed by atoms with E-state index in [1.165, 1.54) is 0 Å². The van der Waals surface area contributed by atoms with Crippen LogP contribution in [0.15, 0.2) is 12.5 Å². The predicted octanol–water partition coefficient (Wildman–Crippen LogP) is 1.00. The lowest BCUT2D eigenvalue weighted by molar-refractivity contribution is 0.689. The average molecular weight is 210 g/mol. The van der Waals surface area contributed by atoms with Gasteiger partial charge in [0.05, 0.1) is 11.9 Å². The van der Waals surface area contributed by atoms with Gasteiger partial charge in [-0.05, 0) is 6.92 Å². The van der Waals surface area contributed by atoms with Crippen LogP contribution >= 0.6 is 11.8 Å². The number of thioether (sulfide) groups is 1. The van der Waals surface area contributed by atoms with Crippen molar-refractivity contribution in [2.75, 3.05) is 28.7 Å². The highest BCUT2D eigenvalue weighted by molar-refractivity contribution is 7.99. The fourth-order valence-corrected chi connectivity index (χ4v) is 2.63. The molecule has 0 spiro atoms. The van der Waals surface area contributed by atoms with Crippen LogP contribution in [0.4, 0.5) is 11.5 Å². The Kier molecular flexibility index (Phi) is 2.77. The van der Waals surface area contributed by atoms with E-state index in [-0.39, 0.29) is 0 Å². The summed E-state index contributed by atoms with van der Waals surface area (Å²) in [6.45, 7) is 3.22. The zero-order valence-corrected chi connectivity index (χ0v) is 9.00. The van der Waals surface area contributed by atoms with E-state index in [1.54, 1.807) is 12.5 Å². The van der Waals surface area contributed by atoms with Gasteiger partial charge in [-0.1, -0.05) is 0 Å². The molecule has 1 aliphatic rings. The van der Waals surface area contributed by atoms with Crippen molar-refractivity contribution < 1.29 is 0 Å². The van der Waals surface area contributed by atoms with Crippen molar-refractivity contribution >= 4 is 23.3 Å². The average Bonchev–Trinajstić information content (AvgIpc) is 2.20. The van der Waals surface area contributed by atoms with Gasteiger partial charge in [-0.2, -0.15) is 11.8 Å². The quantitative estimate of drug-likeness (QED) is 0.749. The molecule has 0 amide bonds. The molecule has 0 radical (unpaired) electrons. The molecular formula is C9H14N4S. The van der Waals surface area contributed by atoms with E-state index in [1.807, 2.05) is 11.8 Å². The Labute approximate surface area is 87.9 Å². The van der Waals surface area contributed by atoms with Gasteiger partial charge in [0.15, 0.2) is 5.82 Å². The molecule has 2 rings (SSSR count). The van der Waals surface area contributed by atoms with E-state index in [4.69, 9.17) is 5.73 Å². The second kappa shape index (κ2) is 4.04. The standard InChI is InChI=1S/C9H14N4S/c1-7-5-14-3-2-13(7)9-8(10)4-11-6-12-9/h4,6-7H,2-3,5,10H2,1H3. The van der Waals surface area contributed by atoms with Crippen LogP contribution in [0.3, 0.4) is 0 Å². The molecule has 1 aliphatic heterocycles. The molecule has 0 saturated carbocycles. The first-order valence-electron chi connectivity index (χ1n) is 4.69. The molecule has 1 saturated heterocycles. The van der Waals surface area contributed by atoms with Gasteiger partial charge in [0.1, 0.15) is 6.33 Å². The number of nitrogens with zero attached hydrogens (tertiary/aromatic N) is 3. The van der Waals surface area contributed by atoms with Crippen LogP contribution < -0.4 is 10.6 Å². The third-order valence-corrected chi connectivity index (χ3v) is 3.55. The minimum absolute atomic E-state index is 0.506. The zero-order valence-electron chi connectivity index (χ0n) is 8.18. The third-order valence-electron chi connectivity index (χ3n) is 2.36. The second-order valence-corrected chi connectivity index (χ2v) is 4.57. The number of rotatable bonds is 1. The van der Waals surface area contributed by atoms with E-state index < -0.39 is 0 Å². The van der Waals surface area contributed by atoms with Gasteiger partial charge < -0.3 is 10.6 Å². The van der Waals surface area contributed by atoms with Crippen molar-refractivity contribution in [3.05, 3.63) is 12.5 Å². The normalized spacial score (nSPS) is 22.4. The Morgan fingerprint density at radius 2 is 2.50 bits per heavy atom. The number of aromatic nitrogens is 2. The molecule has 0 aromatic carbocycles.